The first-order chi connectivity index (χ1) is 11.1. The highest BCUT2D eigenvalue weighted by Crippen LogP contribution is 2.41. The third-order valence-corrected chi connectivity index (χ3v) is 4.76. The third kappa shape index (κ3) is 2.38. The summed E-state index contributed by atoms with van der Waals surface area (Å²) in [5.74, 6) is 0.800. The van der Waals surface area contributed by atoms with E-state index in [1.807, 2.05) is 13.1 Å². The molecule has 6 atom stereocenters. The van der Waals surface area contributed by atoms with E-state index in [9.17, 15) is 15.3 Å². The van der Waals surface area contributed by atoms with Crippen molar-refractivity contribution in [1.29, 1.82) is 0 Å². The van der Waals surface area contributed by atoms with Crippen LogP contribution in [0, 0.1) is 0 Å². The van der Waals surface area contributed by atoms with E-state index in [0.29, 0.717) is 11.5 Å². The lowest BCUT2D eigenvalue weighted by atomic mass is 9.73. The number of benzene rings is 1. The maximum Gasteiger partial charge on any atom is 0.231 e. The molecule has 0 aromatic heterocycles. The van der Waals surface area contributed by atoms with Gasteiger partial charge in [0.15, 0.2) is 11.5 Å². The summed E-state index contributed by atoms with van der Waals surface area (Å²) in [6.45, 7) is 0.457. The second kappa shape index (κ2) is 5.59. The maximum absolute atomic E-state index is 10.5. The summed E-state index contributed by atoms with van der Waals surface area (Å²) < 4.78 is 16.4. The molecular formula is C15H20N2O6. The van der Waals surface area contributed by atoms with Crippen LogP contribution in [0.2, 0.25) is 0 Å². The van der Waals surface area contributed by atoms with E-state index in [1.165, 1.54) is 0 Å². The fourth-order valence-electron chi connectivity index (χ4n) is 3.61. The summed E-state index contributed by atoms with van der Waals surface area (Å²) in [6.07, 6.45) is -4.17. The molecule has 0 bridgehead atoms. The second-order valence-electron chi connectivity index (χ2n) is 6.22. The number of fused-ring (bicyclic) bond motifs is 2. The number of aliphatic hydroxyl groups excluding tert-OH is 3. The summed E-state index contributed by atoms with van der Waals surface area (Å²) in [5.41, 5.74) is 4.01. The van der Waals surface area contributed by atoms with Crippen LogP contribution >= 0.6 is 0 Å². The second-order valence-corrected chi connectivity index (χ2v) is 6.22. The first-order valence-corrected chi connectivity index (χ1v) is 7.59. The first kappa shape index (κ1) is 15.1. The van der Waals surface area contributed by atoms with Gasteiger partial charge in [-0.2, -0.15) is 0 Å². The van der Waals surface area contributed by atoms with Crippen molar-refractivity contribution in [3.63, 3.8) is 0 Å². The summed E-state index contributed by atoms with van der Waals surface area (Å²) in [4.78, 5) is 0. The molecule has 4 N–H and O–H groups in total. The lowest BCUT2D eigenvalue weighted by Crippen LogP contribution is -2.69. The molecule has 2 fully saturated rings. The van der Waals surface area contributed by atoms with Gasteiger partial charge in [0.1, 0.15) is 25.0 Å². The Kier molecular flexibility index (Phi) is 3.67. The number of nitrogens with one attached hydrogen (secondary N) is 1. The minimum absolute atomic E-state index is 0.170. The van der Waals surface area contributed by atoms with E-state index in [2.05, 4.69) is 5.43 Å². The molecule has 0 spiro atoms. The molecule has 1 aliphatic carbocycles. The van der Waals surface area contributed by atoms with Gasteiger partial charge in [0.2, 0.25) is 6.79 Å². The van der Waals surface area contributed by atoms with Gasteiger partial charge >= 0.3 is 0 Å². The molecule has 3 aliphatic rings. The third-order valence-electron chi connectivity index (χ3n) is 4.76. The van der Waals surface area contributed by atoms with Gasteiger partial charge < -0.3 is 29.5 Å². The van der Waals surface area contributed by atoms with Gasteiger partial charge in [-0.05, 0) is 17.7 Å². The zero-order valence-corrected chi connectivity index (χ0v) is 12.6. The Balaban J connectivity index is 1.71. The quantitative estimate of drug-likeness (QED) is 0.508. The van der Waals surface area contributed by atoms with Crippen molar-refractivity contribution in [2.24, 2.45) is 0 Å². The molecule has 2 aliphatic heterocycles. The number of hydrogen-bond acceptors (Lipinski definition) is 8. The number of hydrazine groups is 1. The van der Waals surface area contributed by atoms with Crippen molar-refractivity contribution < 1.29 is 29.5 Å². The number of aliphatic hydroxyl groups is 3. The Bertz CT molecular complexity index is 599. The van der Waals surface area contributed by atoms with Crippen LogP contribution in [0.25, 0.3) is 0 Å². The minimum Gasteiger partial charge on any atom is -0.454 e. The SMILES string of the molecule is CN1CO[C@@H]2[C@H](O)[C@@H](O)[C@H](O)[C@H](c3ccc4c(c3)OCO4)[C@H]2N1. The molecular weight excluding hydrogens is 304 g/mol. The first-order valence-electron chi connectivity index (χ1n) is 7.59. The monoisotopic (exact) mass is 324 g/mol. The topological polar surface area (TPSA) is 104 Å². The molecule has 23 heavy (non-hydrogen) atoms. The molecule has 2 heterocycles. The molecule has 8 nitrogen and oxygen atoms in total. The molecule has 1 aromatic carbocycles. The zero-order valence-electron chi connectivity index (χ0n) is 12.6. The van der Waals surface area contributed by atoms with Gasteiger partial charge in [0.25, 0.3) is 0 Å². The molecule has 0 radical (unpaired) electrons. The molecule has 1 saturated carbocycles. The van der Waals surface area contributed by atoms with Gasteiger partial charge in [-0.15, -0.1) is 0 Å². The fraction of sp³-hybridized carbons (Fsp3) is 0.600. The van der Waals surface area contributed by atoms with Crippen LogP contribution in [0.15, 0.2) is 18.2 Å². The van der Waals surface area contributed by atoms with Crippen molar-refractivity contribution in [2.75, 3.05) is 20.6 Å². The van der Waals surface area contributed by atoms with Gasteiger partial charge in [0, 0.05) is 13.0 Å². The molecule has 1 aromatic rings. The van der Waals surface area contributed by atoms with E-state index in [4.69, 9.17) is 14.2 Å². The van der Waals surface area contributed by atoms with Crippen molar-refractivity contribution in [3.05, 3.63) is 23.8 Å². The Morgan fingerprint density at radius 1 is 1.09 bits per heavy atom. The Morgan fingerprint density at radius 2 is 1.87 bits per heavy atom. The highest BCUT2D eigenvalue weighted by molar-refractivity contribution is 5.46. The number of nitrogens with zero attached hydrogens (tertiary/aromatic N) is 1. The Hall–Kier alpha value is -1.42. The molecule has 8 heteroatoms. The average Bonchev–Trinajstić information content (AvgIpc) is 3.00. The van der Waals surface area contributed by atoms with E-state index < -0.39 is 30.3 Å². The van der Waals surface area contributed by atoms with Crippen LogP contribution in [-0.2, 0) is 4.74 Å². The van der Waals surface area contributed by atoms with E-state index in [1.54, 1.807) is 17.1 Å². The van der Waals surface area contributed by atoms with Crippen LogP contribution in [0.4, 0.5) is 0 Å². The van der Waals surface area contributed by atoms with Crippen LogP contribution < -0.4 is 14.9 Å². The lowest BCUT2D eigenvalue weighted by Gasteiger charge is -2.50. The Morgan fingerprint density at radius 3 is 2.70 bits per heavy atom. The summed E-state index contributed by atoms with van der Waals surface area (Å²) in [6, 6.07) is 5.04. The number of ether oxygens (including phenoxy) is 3. The normalized spacial score (nSPS) is 40.0. The lowest BCUT2D eigenvalue weighted by molar-refractivity contribution is -0.219. The van der Waals surface area contributed by atoms with Crippen molar-refractivity contribution >= 4 is 0 Å². The fourth-order valence-corrected chi connectivity index (χ4v) is 3.61. The smallest absolute Gasteiger partial charge is 0.231 e. The van der Waals surface area contributed by atoms with Crippen molar-refractivity contribution in [1.82, 2.24) is 10.4 Å². The highest BCUT2D eigenvalue weighted by Gasteiger charge is 2.52. The van der Waals surface area contributed by atoms with Crippen LogP contribution in [0.3, 0.4) is 0 Å². The predicted octanol–water partition coefficient (Wildman–Crippen LogP) is -1.24. The predicted molar refractivity (Wildman–Crippen MR) is 77.8 cm³/mol. The molecule has 126 valence electrons. The molecule has 1 saturated heterocycles. The zero-order chi connectivity index (χ0) is 16.1. The van der Waals surface area contributed by atoms with E-state index in [-0.39, 0.29) is 19.6 Å². The maximum atomic E-state index is 10.5. The van der Waals surface area contributed by atoms with Gasteiger partial charge in [0.05, 0.1) is 12.1 Å². The van der Waals surface area contributed by atoms with Gasteiger partial charge in [-0.25, -0.2) is 10.4 Å². The Labute approximate surface area is 133 Å². The largest absolute Gasteiger partial charge is 0.454 e. The van der Waals surface area contributed by atoms with Crippen LogP contribution in [0.5, 0.6) is 11.5 Å². The van der Waals surface area contributed by atoms with E-state index >= 15 is 0 Å². The van der Waals surface area contributed by atoms with Gasteiger partial charge in [-0.3, -0.25) is 0 Å². The van der Waals surface area contributed by atoms with Crippen LogP contribution in [0.1, 0.15) is 11.5 Å². The highest BCUT2D eigenvalue weighted by atomic mass is 16.7. The summed E-state index contributed by atoms with van der Waals surface area (Å²) >= 11 is 0. The van der Waals surface area contributed by atoms with Crippen molar-refractivity contribution in [3.8, 4) is 11.5 Å². The van der Waals surface area contributed by atoms with Crippen LogP contribution in [-0.4, -0.2) is 71.4 Å². The molecule has 4 rings (SSSR count). The molecule has 0 unspecified atom stereocenters. The number of rotatable bonds is 1. The molecule has 0 amide bonds. The summed E-state index contributed by atoms with van der Waals surface area (Å²) in [7, 11) is 1.82. The minimum atomic E-state index is -1.28. The summed E-state index contributed by atoms with van der Waals surface area (Å²) in [5, 5.41) is 32.7. The number of hydrogen-bond donors (Lipinski definition) is 4. The van der Waals surface area contributed by atoms with Crippen molar-refractivity contribution in [2.45, 2.75) is 36.4 Å². The van der Waals surface area contributed by atoms with E-state index in [0.717, 1.165) is 5.56 Å². The standard InChI is InChI=1S/C15H20N2O6/c1-17-5-21-15-11(16-17)10(12(18)13(19)14(15)20)7-2-3-8-9(4-7)23-6-22-8/h2-4,10-16,18-20H,5-6H2,1H3/t10-,11-,12-,13+,14-,15+/m1/s1. The average molecular weight is 324 g/mol. The van der Waals surface area contributed by atoms with Gasteiger partial charge in [-0.1, -0.05) is 6.07 Å².